The molecular weight excluding hydrogens is 330 g/mol. The van der Waals surface area contributed by atoms with Crippen molar-refractivity contribution < 1.29 is 19.1 Å². The molecule has 0 aliphatic rings. The van der Waals surface area contributed by atoms with E-state index in [-0.39, 0.29) is 5.91 Å². The fraction of sp³-hybridized carbons (Fsp3) is 0.188. The van der Waals surface area contributed by atoms with Crippen LogP contribution in [-0.4, -0.2) is 24.5 Å². The van der Waals surface area contributed by atoms with Crippen LogP contribution >= 0.6 is 11.3 Å². The Hall–Kier alpha value is -2.87. The second kappa shape index (κ2) is 8.11. The molecule has 0 aliphatic heterocycles. The number of ether oxygens (including phenoxy) is 1. The largest absolute Gasteiger partial charge is 0.462 e. The Morgan fingerprint density at radius 2 is 1.79 bits per heavy atom. The first-order valence-electron chi connectivity index (χ1n) is 7.20. The molecule has 1 aromatic carbocycles. The Bertz CT molecular complexity index is 740. The first kappa shape index (κ1) is 17.5. The minimum atomic E-state index is -0.596. The standard InChI is InChI=1S/C16H17N3O4S/c1-3-23-15(21)11-4-6-12(7-5-11)17-16(22)19-18-14(20)13-10(2)8-9-24-13/h4-9H,3H2,1-2H3,(H,18,20)(H2,17,19,22). The SMILES string of the molecule is CCOC(=O)c1ccc(NC(=O)NNC(=O)c2sccc2C)cc1. The van der Waals surface area contributed by atoms with Gasteiger partial charge in [-0.1, -0.05) is 0 Å². The van der Waals surface area contributed by atoms with Crippen molar-refractivity contribution >= 4 is 34.9 Å². The van der Waals surface area contributed by atoms with E-state index in [4.69, 9.17) is 4.74 Å². The molecule has 0 atom stereocenters. The van der Waals surface area contributed by atoms with Crippen LogP contribution < -0.4 is 16.2 Å². The summed E-state index contributed by atoms with van der Waals surface area (Å²) in [5, 5.41) is 4.34. The van der Waals surface area contributed by atoms with Gasteiger partial charge in [0.1, 0.15) is 0 Å². The van der Waals surface area contributed by atoms with Gasteiger partial charge in [0.15, 0.2) is 0 Å². The van der Waals surface area contributed by atoms with Crippen LogP contribution in [0.2, 0.25) is 0 Å². The van der Waals surface area contributed by atoms with Gasteiger partial charge in [-0.25, -0.2) is 15.0 Å². The maximum Gasteiger partial charge on any atom is 0.338 e. The van der Waals surface area contributed by atoms with Crippen LogP contribution in [0.3, 0.4) is 0 Å². The van der Waals surface area contributed by atoms with E-state index in [1.165, 1.54) is 11.3 Å². The average Bonchev–Trinajstić information content (AvgIpc) is 2.99. The molecule has 0 bridgehead atoms. The molecule has 0 unspecified atom stereocenters. The predicted octanol–water partition coefficient (Wildman–Crippen LogP) is 2.70. The fourth-order valence-corrected chi connectivity index (χ4v) is 2.66. The van der Waals surface area contributed by atoms with Crippen LogP contribution in [0.15, 0.2) is 35.7 Å². The number of hydrogen-bond donors (Lipinski definition) is 3. The molecule has 8 heteroatoms. The van der Waals surface area contributed by atoms with Crippen LogP contribution in [0.4, 0.5) is 10.5 Å². The zero-order valence-corrected chi connectivity index (χ0v) is 14.0. The Balaban J connectivity index is 1.85. The third-order valence-corrected chi connectivity index (χ3v) is 4.03. The normalized spacial score (nSPS) is 9.92. The van der Waals surface area contributed by atoms with Crippen molar-refractivity contribution in [3.05, 3.63) is 51.7 Å². The van der Waals surface area contributed by atoms with Crippen molar-refractivity contribution in [1.29, 1.82) is 0 Å². The molecule has 24 heavy (non-hydrogen) atoms. The van der Waals surface area contributed by atoms with Crippen molar-refractivity contribution in [2.75, 3.05) is 11.9 Å². The summed E-state index contributed by atoms with van der Waals surface area (Å²) in [5.74, 6) is -0.803. The number of thiophene rings is 1. The molecule has 7 nitrogen and oxygen atoms in total. The summed E-state index contributed by atoms with van der Waals surface area (Å²) in [7, 11) is 0. The molecule has 1 heterocycles. The van der Waals surface area contributed by atoms with E-state index in [9.17, 15) is 14.4 Å². The van der Waals surface area contributed by atoms with Gasteiger partial charge in [0.2, 0.25) is 0 Å². The Morgan fingerprint density at radius 3 is 2.38 bits per heavy atom. The summed E-state index contributed by atoms with van der Waals surface area (Å²) >= 11 is 1.29. The zero-order valence-electron chi connectivity index (χ0n) is 13.2. The van der Waals surface area contributed by atoms with E-state index >= 15 is 0 Å². The summed E-state index contributed by atoms with van der Waals surface area (Å²) in [6, 6.07) is 7.45. The highest BCUT2D eigenvalue weighted by Gasteiger charge is 2.11. The van der Waals surface area contributed by atoms with Gasteiger partial charge >= 0.3 is 12.0 Å². The van der Waals surface area contributed by atoms with Gasteiger partial charge < -0.3 is 10.1 Å². The fourth-order valence-electron chi connectivity index (χ4n) is 1.84. The molecule has 126 valence electrons. The minimum Gasteiger partial charge on any atom is -0.462 e. The highest BCUT2D eigenvalue weighted by Crippen LogP contribution is 2.14. The summed E-state index contributed by atoms with van der Waals surface area (Å²) in [5.41, 5.74) is 6.31. The Labute approximate surface area is 143 Å². The number of benzene rings is 1. The molecule has 3 N–H and O–H groups in total. The highest BCUT2D eigenvalue weighted by molar-refractivity contribution is 7.12. The monoisotopic (exact) mass is 347 g/mol. The number of carbonyl (C=O) groups excluding carboxylic acids is 3. The zero-order chi connectivity index (χ0) is 17.5. The van der Waals surface area contributed by atoms with Gasteiger partial charge in [0, 0.05) is 5.69 Å². The smallest absolute Gasteiger partial charge is 0.338 e. The van der Waals surface area contributed by atoms with Crippen molar-refractivity contribution in [3.8, 4) is 0 Å². The first-order chi connectivity index (χ1) is 11.5. The van der Waals surface area contributed by atoms with E-state index in [1.807, 2.05) is 13.0 Å². The second-order valence-corrected chi connectivity index (χ2v) is 5.68. The van der Waals surface area contributed by atoms with Crippen LogP contribution in [0.25, 0.3) is 0 Å². The van der Waals surface area contributed by atoms with Gasteiger partial charge in [0.05, 0.1) is 17.0 Å². The predicted molar refractivity (Wildman–Crippen MR) is 91.1 cm³/mol. The van der Waals surface area contributed by atoms with Crippen molar-refractivity contribution in [2.45, 2.75) is 13.8 Å². The number of aryl methyl sites for hydroxylation is 1. The molecule has 0 saturated carbocycles. The van der Waals surface area contributed by atoms with E-state index < -0.39 is 12.0 Å². The number of anilines is 1. The number of carbonyl (C=O) groups is 3. The van der Waals surface area contributed by atoms with Crippen LogP contribution in [0.1, 0.15) is 32.5 Å². The number of nitrogens with one attached hydrogen (secondary N) is 3. The Morgan fingerprint density at radius 1 is 1.08 bits per heavy atom. The number of hydrazine groups is 1. The summed E-state index contributed by atoms with van der Waals surface area (Å²) in [6.07, 6.45) is 0. The summed E-state index contributed by atoms with van der Waals surface area (Å²) in [4.78, 5) is 35.7. The molecule has 0 aliphatic carbocycles. The van der Waals surface area contributed by atoms with Crippen LogP contribution in [-0.2, 0) is 4.74 Å². The second-order valence-electron chi connectivity index (χ2n) is 4.76. The van der Waals surface area contributed by atoms with Gasteiger partial charge in [-0.3, -0.25) is 10.2 Å². The minimum absolute atomic E-state index is 0.296. The van der Waals surface area contributed by atoms with E-state index in [0.29, 0.717) is 22.7 Å². The molecule has 0 radical (unpaired) electrons. The molecule has 0 saturated heterocycles. The summed E-state index contributed by atoms with van der Waals surface area (Å²) < 4.78 is 4.87. The highest BCUT2D eigenvalue weighted by atomic mass is 32.1. The van der Waals surface area contributed by atoms with E-state index in [2.05, 4.69) is 16.2 Å². The molecule has 3 amide bonds. The quantitative estimate of drug-likeness (QED) is 0.585. The maximum absolute atomic E-state index is 11.9. The van der Waals surface area contributed by atoms with Crippen molar-refractivity contribution in [2.24, 2.45) is 0 Å². The van der Waals surface area contributed by atoms with Gasteiger partial charge in [0.25, 0.3) is 5.91 Å². The van der Waals surface area contributed by atoms with Crippen LogP contribution in [0, 0.1) is 6.92 Å². The van der Waals surface area contributed by atoms with E-state index in [0.717, 1.165) is 5.56 Å². The molecule has 2 aromatic rings. The number of esters is 1. The first-order valence-corrected chi connectivity index (χ1v) is 8.08. The maximum atomic E-state index is 11.9. The van der Waals surface area contributed by atoms with E-state index in [1.54, 1.807) is 36.6 Å². The third-order valence-electron chi connectivity index (χ3n) is 3.01. The van der Waals surface area contributed by atoms with Gasteiger partial charge in [-0.2, -0.15) is 0 Å². The lowest BCUT2D eigenvalue weighted by Gasteiger charge is -2.09. The lowest BCUT2D eigenvalue weighted by molar-refractivity contribution is 0.0526. The van der Waals surface area contributed by atoms with Gasteiger partial charge in [-0.05, 0) is 55.1 Å². The molecule has 1 aromatic heterocycles. The topological polar surface area (TPSA) is 96.5 Å². The van der Waals surface area contributed by atoms with Crippen molar-refractivity contribution in [1.82, 2.24) is 10.9 Å². The third kappa shape index (κ3) is 4.56. The van der Waals surface area contributed by atoms with Crippen LogP contribution in [0.5, 0.6) is 0 Å². The van der Waals surface area contributed by atoms with Gasteiger partial charge in [-0.15, -0.1) is 11.3 Å². The molecule has 0 spiro atoms. The average molecular weight is 347 g/mol. The summed E-state index contributed by atoms with van der Waals surface area (Å²) in [6.45, 7) is 3.84. The Kier molecular flexibility index (Phi) is 5.91. The van der Waals surface area contributed by atoms with Crippen molar-refractivity contribution in [3.63, 3.8) is 0 Å². The lowest BCUT2D eigenvalue weighted by Crippen LogP contribution is -2.43. The number of hydrogen-bond acceptors (Lipinski definition) is 5. The molecule has 2 rings (SSSR count). The molecular formula is C16H17N3O4S. The molecule has 0 fully saturated rings. The lowest BCUT2D eigenvalue weighted by atomic mass is 10.2. The number of urea groups is 1. The number of rotatable bonds is 4. The number of amides is 3.